The third-order valence-electron chi connectivity index (χ3n) is 6.12. The molecule has 3 heteroatoms. The molecule has 35 heavy (non-hydrogen) atoms. The lowest BCUT2D eigenvalue weighted by atomic mass is 10.1. The van der Waals surface area contributed by atoms with Crippen LogP contribution in [0, 0.1) is 13.8 Å². The Morgan fingerprint density at radius 3 is 1.03 bits per heavy atom. The number of aryl methyl sites for hydroxylation is 2. The van der Waals surface area contributed by atoms with E-state index in [0.29, 0.717) is 0 Å². The SMILES string of the molecule is Cc1ccc(N(c2ccccc2)c2ccc(N(c3ccc(C)cc3)c3ccc(N)cc3)cc2)cc1. The van der Waals surface area contributed by atoms with Gasteiger partial charge in [-0.3, -0.25) is 0 Å². The van der Waals surface area contributed by atoms with Crippen molar-refractivity contribution in [1.82, 2.24) is 0 Å². The van der Waals surface area contributed by atoms with Crippen LogP contribution in [-0.2, 0) is 0 Å². The third kappa shape index (κ3) is 4.90. The van der Waals surface area contributed by atoms with E-state index < -0.39 is 0 Å². The van der Waals surface area contributed by atoms with Crippen LogP contribution in [0.1, 0.15) is 11.1 Å². The van der Waals surface area contributed by atoms with Crippen molar-refractivity contribution in [2.45, 2.75) is 13.8 Å². The fraction of sp³-hybridized carbons (Fsp3) is 0.0625. The van der Waals surface area contributed by atoms with Gasteiger partial charge in [0.05, 0.1) is 0 Å². The Labute approximate surface area is 207 Å². The van der Waals surface area contributed by atoms with E-state index in [1.165, 1.54) is 11.1 Å². The topological polar surface area (TPSA) is 32.5 Å². The number of para-hydroxylation sites is 1. The minimum absolute atomic E-state index is 0.754. The second kappa shape index (κ2) is 9.78. The molecule has 0 spiro atoms. The molecule has 0 radical (unpaired) electrons. The molecule has 0 bridgehead atoms. The molecule has 0 saturated carbocycles. The quantitative estimate of drug-likeness (QED) is 0.260. The molecule has 0 aliphatic carbocycles. The van der Waals surface area contributed by atoms with Crippen LogP contribution < -0.4 is 15.5 Å². The first-order chi connectivity index (χ1) is 17.1. The molecule has 2 N–H and O–H groups in total. The molecule has 0 atom stereocenters. The molecule has 5 rings (SSSR count). The maximum absolute atomic E-state index is 5.97. The molecule has 0 aliphatic heterocycles. The van der Waals surface area contributed by atoms with Crippen LogP contribution in [-0.4, -0.2) is 0 Å². The Morgan fingerprint density at radius 1 is 0.371 bits per heavy atom. The monoisotopic (exact) mass is 455 g/mol. The summed E-state index contributed by atoms with van der Waals surface area (Å²) in [6.45, 7) is 4.22. The van der Waals surface area contributed by atoms with Crippen molar-refractivity contribution < 1.29 is 0 Å². The molecular formula is C32H29N3. The summed E-state index contributed by atoms with van der Waals surface area (Å²) >= 11 is 0. The number of hydrogen-bond donors (Lipinski definition) is 1. The van der Waals surface area contributed by atoms with Crippen molar-refractivity contribution in [3.05, 3.63) is 139 Å². The van der Waals surface area contributed by atoms with Crippen LogP contribution in [0.15, 0.2) is 127 Å². The van der Waals surface area contributed by atoms with Crippen molar-refractivity contribution in [1.29, 1.82) is 0 Å². The zero-order valence-electron chi connectivity index (χ0n) is 20.1. The van der Waals surface area contributed by atoms with Gasteiger partial charge in [0, 0.05) is 39.8 Å². The van der Waals surface area contributed by atoms with Gasteiger partial charge in [-0.05, 0) is 98.8 Å². The summed E-state index contributed by atoms with van der Waals surface area (Å²) in [5.74, 6) is 0. The summed E-state index contributed by atoms with van der Waals surface area (Å²) in [5, 5.41) is 0. The molecular weight excluding hydrogens is 426 g/mol. The Balaban J connectivity index is 1.57. The fourth-order valence-electron chi connectivity index (χ4n) is 4.23. The number of anilines is 7. The van der Waals surface area contributed by atoms with E-state index in [-0.39, 0.29) is 0 Å². The first kappa shape index (κ1) is 22.3. The standard InChI is InChI=1S/C32H29N3/c1-24-8-14-28(15-9-24)34(27-6-4-3-5-7-27)31-20-22-32(23-21-31)35(29-16-10-25(2)11-17-29)30-18-12-26(33)13-19-30/h3-23H,33H2,1-2H3. The van der Waals surface area contributed by atoms with Crippen molar-refractivity contribution in [3.63, 3.8) is 0 Å². The number of nitrogens with zero attached hydrogens (tertiary/aromatic N) is 2. The normalized spacial score (nSPS) is 10.7. The lowest BCUT2D eigenvalue weighted by Crippen LogP contribution is -2.12. The minimum Gasteiger partial charge on any atom is -0.399 e. The third-order valence-corrected chi connectivity index (χ3v) is 6.12. The lowest BCUT2D eigenvalue weighted by molar-refractivity contribution is 1.25. The molecule has 0 fully saturated rings. The number of benzene rings is 5. The molecule has 3 nitrogen and oxygen atoms in total. The fourth-order valence-corrected chi connectivity index (χ4v) is 4.23. The van der Waals surface area contributed by atoms with E-state index in [4.69, 9.17) is 5.73 Å². The van der Waals surface area contributed by atoms with E-state index >= 15 is 0 Å². The first-order valence-corrected chi connectivity index (χ1v) is 11.8. The predicted molar refractivity (Wildman–Crippen MR) is 150 cm³/mol. The number of hydrogen-bond acceptors (Lipinski definition) is 3. The van der Waals surface area contributed by atoms with Crippen LogP contribution in [0.3, 0.4) is 0 Å². The van der Waals surface area contributed by atoms with Gasteiger partial charge in [-0.2, -0.15) is 0 Å². The molecule has 0 unspecified atom stereocenters. The second-order valence-corrected chi connectivity index (χ2v) is 8.79. The Morgan fingerprint density at radius 2 is 0.657 bits per heavy atom. The van der Waals surface area contributed by atoms with Gasteiger partial charge in [-0.1, -0.05) is 53.6 Å². The second-order valence-electron chi connectivity index (χ2n) is 8.79. The molecule has 0 aliphatic rings. The zero-order valence-corrected chi connectivity index (χ0v) is 20.1. The summed E-state index contributed by atoms with van der Waals surface area (Å²) in [7, 11) is 0. The Bertz CT molecular complexity index is 1330. The molecule has 0 heterocycles. The summed E-state index contributed by atoms with van der Waals surface area (Å²) < 4.78 is 0. The van der Waals surface area contributed by atoms with Gasteiger partial charge in [0.25, 0.3) is 0 Å². The Kier molecular flexibility index (Phi) is 6.23. The molecule has 0 aromatic heterocycles. The molecule has 0 saturated heterocycles. The van der Waals surface area contributed by atoms with Gasteiger partial charge in [0.2, 0.25) is 0 Å². The van der Waals surface area contributed by atoms with Crippen molar-refractivity contribution in [2.75, 3.05) is 15.5 Å². The lowest BCUT2D eigenvalue weighted by Gasteiger charge is -2.28. The van der Waals surface area contributed by atoms with Crippen molar-refractivity contribution in [3.8, 4) is 0 Å². The van der Waals surface area contributed by atoms with Gasteiger partial charge in [0.1, 0.15) is 0 Å². The van der Waals surface area contributed by atoms with Gasteiger partial charge < -0.3 is 15.5 Å². The largest absolute Gasteiger partial charge is 0.399 e. The van der Waals surface area contributed by atoms with Crippen LogP contribution in [0.25, 0.3) is 0 Å². The van der Waals surface area contributed by atoms with E-state index in [2.05, 4.69) is 133 Å². The molecule has 5 aromatic carbocycles. The highest BCUT2D eigenvalue weighted by Crippen LogP contribution is 2.39. The van der Waals surface area contributed by atoms with Gasteiger partial charge in [0.15, 0.2) is 0 Å². The molecule has 0 amide bonds. The number of rotatable bonds is 6. The van der Waals surface area contributed by atoms with Gasteiger partial charge >= 0.3 is 0 Å². The maximum Gasteiger partial charge on any atom is 0.0463 e. The summed E-state index contributed by atoms with van der Waals surface area (Å²) in [6, 6.07) is 44.4. The average molecular weight is 456 g/mol. The van der Waals surface area contributed by atoms with Crippen LogP contribution in [0.5, 0.6) is 0 Å². The smallest absolute Gasteiger partial charge is 0.0463 e. The minimum atomic E-state index is 0.754. The highest BCUT2D eigenvalue weighted by atomic mass is 15.2. The van der Waals surface area contributed by atoms with Crippen molar-refractivity contribution in [2.24, 2.45) is 0 Å². The van der Waals surface area contributed by atoms with Crippen LogP contribution in [0.4, 0.5) is 39.8 Å². The van der Waals surface area contributed by atoms with Crippen molar-refractivity contribution >= 4 is 39.8 Å². The summed E-state index contributed by atoms with van der Waals surface area (Å²) in [5.41, 5.74) is 15.8. The van der Waals surface area contributed by atoms with Gasteiger partial charge in [-0.25, -0.2) is 0 Å². The average Bonchev–Trinajstić information content (AvgIpc) is 2.89. The number of nitrogen functional groups attached to an aromatic ring is 1. The number of nitrogens with two attached hydrogens (primary N) is 1. The summed E-state index contributed by atoms with van der Waals surface area (Å²) in [6.07, 6.45) is 0. The van der Waals surface area contributed by atoms with E-state index in [1.807, 2.05) is 18.2 Å². The molecule has 172 valence electrons. The van der Waals surface area contributed by atoms with Crippen LogP contribution in [0.2, 0.25) is 0 Å². The zero-order chi connectivity index (χ0) is 24.2. The Hall–Kier alpha value is -4.50. The predicted octanol–water partition coefficient (Wildman–Crippen LogP) is 8.83. The van der Waals surface area contributed by atoms with E-state index in [0.717, 1.165) is 39.8 Å². The van der Waals surface area contributed by atoms with Gasteiger partial charge in [-0.15, -0.1) is 0 Å². The highest BCUT2D eigenvalue weighted by Gasteiger charge is 2.15. The molecule has 5 aromatic rings. The highest BCUT2D eigenvalue weighted by molar-refractivity contribution is 5.81. The maximum atomic E-state index is 5.97. The van der Waals surface area contributed by atoms with E-state index in [9.17, 15) is 0 Å². The van der Waals surface area contributed by atoms with Crippen LogP contribution >= 0.6 is 0 Å². The summed E-state index contributed by atoms with van der Waals surface area (Å²) in [4.78, 5) is 4.53. The first-order valence-electron chi connectivity index (χ1n) is 11.8. The van der Waals surface area contributed by atoms with E-state index in [1.54, 1.807) is 0 Å².